The quantitative estimate of drug-likeness (QED) is 0.631. The smallest absolute Gasteiger partial charge is 0.240 e. The predicted octanol–water partition coefficient (Wildman–Crippen LogP) is 3.65. The van der Waals surface area contributed by atoms with Crippen molar-refractivity contribution in [2.75, 3.05) is 13.2 Å². The van der Waals surface area contributed by atoms with E-state index in [1.54, 1.807) is 24.3 Å². The molecular weight excluding hydrogens is 298 g/mol. The first-order chi connectivity index (χ1) is 10.5. The Morgan fingerprint density at radius 2 is 1.77 bits per heavy atom. The highest BCUT2D eigenvalue weighted by Crippen LogP contribution is 2.12. The average Bonchev–Trinajstić information content (AvgIpc) is 2.49. The Morgan fingerprint density at radius 3 is 2.36 bits per heavy atom. The van der Waals surface area contributed by atoms with E-state index in [1.165, 1.54) is 19.3 Å². The second kappa shape index (κ2) is 9.98. The maximum absolute atomic E-state index is 12.3. The Morgan fingerprint density at radius 1 is 1.09 bits per heavy atom. The van der Waals surface area contributed by atoms with Gasteiger partial charge in [0.25, 0.3) is 0 Å². The van der Waals surface area contributed by atoms with Gasteiger partial charge >= 0.3 is 0 Å². The molecule has 0 aliphatic rings. The third kappa shape index (κ3) is 6.90. The lowest BCUT2D eigenvalue weighted by atomic mass is 10.1. The first-order valence-corrected chi connectivity index (χ1v) is 9.65. The van der Waals surface area contributed by atoms with Crippen LogP contribution in [-0.2, 0) is 14.8 Å². The molecule has 1 aromatic rings. The van der Waals surface area contributed by atoms with Crippen LogP contribution in [0.5, 0.6) is 0 Å². The van der Waals surface area contributed by atoms with E-state index in [2.05, 4.69) is 11.6 Å². The van der Waals surface area contributed by atoms with E-state index in [0.29, 0.717) is 18.0 Å². The van der Waals surface area contributed by atoms with Crippen molar-refractivity contribution < 1.29 is 13.2 Å². The van der Waals surface area contributed by atoms with Crippen molar-refractivity contribution in [3.63, 3.8) is 0 Å². The minimum absolute atomic E-state index is 0.0536. The zero-order valence-corrected chi connectivity index (χ0v) is 14.8. The molecule has 0 spiro atoms. The van der Waals surface area contributed by atoms with Gasteiger partial charge in [0.15, 0.2) is 0 Å². The molecule has 5 heteroatoms. The van der Waals surface area contributed by atoms with Crippen molar-refractivity contribution in [1.29, 1.82) is 0 Å². The fourth-order valence-corrected chi connectivity index (χ4v) is 3.35. The number of benzene rings is 1. The Hall–Kier alpha value is -0.910. The molecule has 0 radical (unpaired) electrons. The molecule has 0 bridgehead atoms. The van der Waals surface area contributed by atoms with Crippen LogP contribution in [0.2, 0.25) is 0 Å². The molecule has 0 heterocycles. The van der Waals surface area contributed by atoms with Gasteiger partial charge in [-0.15, -0.1) is 0 Å². The number of rotatable bonds is 11. The van der Waals surface area contributed by atoms with Crippen LogP contribution in [0.25, 0.3) is 0 Å². The number of aryl methyl sites for hydroxylation is 1. The van der Waals surface area contributed by atoms with Crippen LogP contribution >= 0.6 is 0 Å². The van der Waals surface area contributed by atoms with Gasteiger partial charge < -0.3 is 4.74 Å². The summed E-state index contributed by atoms with van der Waals surface area (Å²) in [6.07, 6.45) is 5.50. The van der Waals surface area contributed by atoms with Gasteiger partial charge in [-0.1, -0.05) is 50.3 Å². The molecule has 1 atom stereocenters. The number of sulfonamides is 1. The second-order valence-corrected chi connectivity index (χ2v) is 7.36. The SMILES string of the molecule is CCCCCC[C@@H](CNS(=O)(=O)c1ccc(C)cc1)OCC. The standard InChI is InChI=1S/C17H29NO3S/c1-4-6-7-8-9-16(21-5-2)14-18-22(19,20)17-12-10-15(3)11-13-17/h10-13,16,18H,4-9,14H2,1-3H3/t16-/m0/s1. The fraction of sp³-hybridized carbons (Fsp3) is 0.647. The molecule has 0 unspecified atom stereocenters. The Kier molecular flexibility index (Phi) is 8.68. The topological polar surface area (TPSA) is 55.4 Å². The molecule has 0 aromatic heterocycles. The fourth-order valence-electron chi connectivity index (χ4n) is 2.28. The minimum Gasteiger partial charge on any atom is -0.377 e. The summed E-state index contributed by atoms with van der Waals surface area (Å²) >= 11 is 0. The van der Waals surface area contributed by atoms with Crippen LogP contribution < -0.4 is 4.72 Å². The third-order valence-electron chi connectivity index (χ3n) is 3.61. The lowest BCUT2D eigenvalue weighted by Gasteiger charge is -2.18. The zero-order chi connectivity index (χ0) is 16.4. The summed E-state index contributed by atoms with van der Waals surface area (Å²) in [5.74, 6) is 0. The van der Waals surface area contributed by atoms with E-state index >= 15 is 0 Å². The normalized spacial score (nSPS) is 13.2. The molecule has 0 fully saturated rings. The molecule has 4 nitrogen and oxygen atoms in total. The van der Waals surface area contributed by atoms with E-state index in [9.17, 15) is 8.42 Å². The maximum atomic E-state index is 12.3. The van der Waals surface area contributed by atoms with Crippen molar-refractivity contribution in [2.24, 2.45) is 0 Å². The average molecular weight is 327 g/mol. The summed E-state index contributed by atoms with van der Waals surface area (Å²) in [6, 6.07) is 6.88. The van der Waals surface area contributed by atoms with Crippen molar-refractivity contribution in [2.45, 2.75) is 63.9 Å². The minimum atomic E-state index is -3.46. The van der Waals surface area contributed by atoms with Crippen LogP contribution in [-0.4, -0.2) is 27.7 Å². The molecule has 126 valence electrons. The third-order valence-corrected chi connectivity index (χ3v) is 5.05. The monoisotopic (exact) mass is 327 g/mol. The van der Waals surface area contributed by atoms with Crippen LogP contribution in [0.3, 0.4) is 0 Å². The van der Waals surface area contributed by atoms with Gasteiger partial charge in [0, 0.05) is 13.2 Å². The van der Waals surface area contributed by atoms with Gasteiger partial charge in [-0.05, 0) is 32.4 Å². The van der Waals surface area contributed by atoms with E-state index < -0.39 is 10.0 Å². The van der Waals surface area contributed by atoms with Gasteiger partial charge in [0.05, 0.1) is 11.0 Å². The van der Waals surface area contributed by atoms with Crippen molar-refractivity contribution >= 4 is 10.0 Å². The van der Waals surface area contributed by atoms with E-state index in [-0.39, 0.29) is 6.10 Å². The van der Waals surface area contributed by atoms with Crippen molar-refractivity contribution in [1.82, 2.24) is 4.72 Å². The van der Waals surface area contributed by atoms with Gasteiger partial charge in [0.2, 0.25) is 10.0 Å². The Bertz CT molecular complexity index is 511. The van der Waals surface area contributed by atoms with E-state index in [4.69, 9.17) is 4.74 Å². The molecule has 1 N–H and O–H groups in total. The maximum Gasteiger partial charge on any atom is 0.240 e. The highest BCUT2D eigenvalue weighted by Gasteiger charge is 2.16. The molecular formula is C17H29NO3S. The van der Waals surface area contributed by atoms with E-state index in [1.807, 2.05) is 13.8 Å². The summed E-state index contributed by atoms with van der Waals surface area (Å²) in [6.45, 7) is 6.98. The van der Waals surface area contributed by atoms with Crippen LogP contribution in [0, 0.1) is 6.92 Å². The molecule has 0 aliphatic carbocycles. The number of nitrogens with one attached hydrogen (secondary N) is 1. The van der Waals surface area contributed by atoms with Crippen LogP contribution in [0.15, 0.2) is 29.2 Å². The first-order valence-electron chi connectivity index (χ1n) is 8.17. The Balaban J connectivity index is 2.53. The van der Waals surface area contributed by atoms with Crippen molar-refractivity contribution in [3.05, 3.63) is 29.8 Å². The van der Waals surface area contributed by atoms with Crippen LogP contribution in [0.4, 0.5) is 0 Å². The van der Waals surface area contributed by atoms with Gasteiger partial charge in [-0.25, -0.2) is 13.1 Å². The second-order valence-electron chi connectivity index (χ2n) is 5.59. The van der Waals surface area contributed by atoms with Crippen molar-refractivity contribution in [3.8, 4) is 0 Å². The summed E-state index contributed by atoms with van der Waals surface area (Å²) in [5.41, 5.74) is 1.04. The molecule has 1 aromatic carbocycles. The lowest BCUT2D eigenvalue weighted by molar-refractivity contribution is 0.0585. The lowest BCUT2D eigenvalue weighted by Crippen LogP contribution is -2.33. The van der Waals surface area contributed by atoms with Crippen LogP contribution in [0.1, 0.15) is 51.5 Å². The highest BCUT2D eigenvalue weighted by molar-refractivity contribution is 7.89. The molecule has 0 saturated carbocycles. The first kappa shape index (κ1) is 19.1. The summed E-state index contributed by atoms with van der Waals surface area (Å²) < 4.78 is 32.8. The summed E-state index contributed by atoms with van der Waals surface area (Å²) in [7, 11) is -3.46. The number of hydrogen-bond acceptors (Lipinski definition) is 3. The highest BCUT2D eigenvalue weighted by atomic mass is 32.2. The number of unbranched alkanes of at least 4 members (excludes halogenated alkanes) is 3. The van der Waals surface area contributed by atoms with E-state index in [0.717, 1.165) is 18.4 Å². The molecule has 0 saturated heterocycles. The van der Waals surface area contributed by atoms with Gasteiger partial charge in [-0.3, -0.25) is 0 Å². The summed E-state index contributed by atoms with van der Waals surface area (Å²) in [4.78, 5) is 0.305. The number of ether oxygens (including phenoxy) is 1. The summed E-state index contributed by atoms with van der Waals surface area (Å²) in [5, 5.41) is 0. The zero-order valence-electron chi connectivity index (χ0n) is 14.0. The largest absolute Gasteiger partial charge is 0.377 e. The molecule has 0 aliphatic heterocycles. The molecule has 1 rings (SSSR count). The van der Waals surface area contributed by atoms with Gasteiger partial charge in [-0.2, -0.15) is 0 Å². The predicted molar refractivity (Wildman–Crippen MR) is 90.5 cm³/mol. The van der Waals surface area contributed by atoms with Gasteiger partial charge in [0.1, 0.15) is 0 Å². The number of hydrogen-bond donors (Lipinski definition) is 1. The Labute approximate surface area is 135 Å². The molecule has 22 heavy (non-hydrogen) atoms. The molecule has 0 amide bonds.